The van der Waals surface area contributed by atoms with Crippen LogP contribution >= 0.6 is 15.9 Å². The summed E-state index contributed by atoms with van der Waals surface area (Å²) in [6.45, 7) is 0.551. The van der Waals surface area contributed by atoms with Gasteiger partial charge < -0.3 is 5.73 Å². The number of halogens is 1. The van der Waals surface area contributed by atoms with Crippen molar-refractivity contribution in [3.63, 3.8) is 0 Å². The van der Waals surface area contributed by atoms with Gasteiger partial charge in [-0.1, -0.05) is 22.0 Å². The average molecular weight is 278 g/mol. The molecule has 2 rings (SSSR count). The highest BCUT2D eigenvalue weighted by Crippen LogP contribution is 2.20. The Hall–Kier alpha value is -1.87. The molecule has 16 heavy (non-hydrogen) atoms. The normalized spacial score (nSPS) is 10.0. The van der Waals surface area contributed by atoms with Crippen LogP contribution in [0.4, 0.5) is 5.69 Å². The molecular weight excluding hydrogens is 270 g/mol. The molecule has 0 atom stereocenters. The van der Waals surface area contributed by atoms with E-state index in [1.165, 1.54) is 6.33 Å². The minimum atomic E-state index is 0.173. The van der Waals surface area contributed by atoms with Crippen LogP contribution in [0, 0.1) is 11.3 Å². The van der Waals surface area contributed by atoms with Crippen molar-refractivity contribution < 1.29 is 0 Å². The molecule has 0 amide bonds. The van der Waals surface area contributed by atoms with Gasteiger partial charge in [-0.2, -0.15) is 5.26 Å². The molecule has 0 saturated heterocycles. The monoisotopic (exact) mass is 277 g/mol. The first-order valence-electron chi connectivity index (χ1n) is 4.52. The fraction of sp³-hybridized carbons (Fsp3) is 0.100. The Balaban J connectivity index is 2.24. The quantitative estimate of drug-likeness (QED) is 0.845. The third-order valence-corrected chi connectivity index (χ3v) is 2.78. The van der Waals surface area contributed by atoms with Gasteiger partial charge >= 0.3 is 0 Å². The molecule has 1 aromatic heterocycles. The van der Waals surface area contributed by atoms with E-state index in [-0.39, 0.29) is 5.82 Å². The minimum absolute atomic E-state index is 0.173. The van der Waals surface area contributed by atoms with E-state index < -0.39 is 0 Å². The number of hydrogen-bond donors (Lipinski definition) is 1. The number of rotatable bonds is 2. The Morgan fingerprint density at radius 1 is 1.50 bits per heavy atom. The molecular formula is C10H8BrN5. The van der Waals surface area contributed by atoms with Gasteiger partial charge in [0.1, 0.15) is 12.4 Å². The van der Waals surface area contributed by atoms with Crippen LogP contribution in [-0.4, -0.2) is 14.8 Å². The number of anilines is 1. The van der Waals surface area contributed by atoms with E-state index >= 15 is 0 Å². The Kier molecular flexibility index (Phi) is 2.88. The van der Waals surface area contributed by atoms with Crippen molar-refractivity contribution in [2.75, 3.05) is 5.73 Å². The molecule has 80 valence electrons. The summed E-state index contributed by atoms with van der Waals surface area (Å²) in [7, 11) is 0. The number of benzene rings is 1. The predicted molar refractivity (Wildman–Crippen MR) is 62.4 cm³/mol. The third kappa shape index (κ3) is 2.20. The summed E-state index contributed by atoms with van der Waals surface area (Å²) in [5.41, 5.74) is 7.37. The number of aromatic nitrogens is 3. The molecule has 0 aliphatic rings. The van der Waals surface area contributed by atoms with Crippen LogP contribution in [0.2, 0.25) is 0 Å². The first-order chi connectivity index (χ1) is 7.69. The number of nitrogen functional groups attached to an aromatic ring is 1. The molecule has 5 nitrogen and oxygen atoms in total. The highest BCUT2D eigenvalue weighted by Gasteiger charge is 2.03. The summed E-state index contributed by atoms with van der Waals surface area (Å²) < 4.78 is 2.52. The van der Waals surface area contributed by atoms with Gasteiger partial charge in [-0.3, -0.25) is 0 Å². The van der Waals surface area contributed by atoms with Crippen LogP contribution in [0.15, 0.2) is 29.0 Å². The van der Waals surface area contributed by atoms with Crippen molar-refractivity contribution in [2.24, 2.45) is 0 Å². The predicted octanol–water partition coefficient (Wildman–Crippen LogP) is 1.54. The Labute approximate surface area is 101 Å². The van der Waals surface area contributed by atoms with Crippen molar-refractivity contribution in [2.45, 2.75) is 6.54 Å². The van der Waals surface area contributed by atoms with E-state index in [1.807, 2.05) is 24.3 Å². The molecule has 0 aliphatic heterocycles. The van der Waals surface area contributed by atoms with E-state index in [0.717, 1.165) is 10.0 Å². The molecule has 2 N–H and O–H groups in total. The van der Waals surface area contributed by atoms with Gasteiger partial charge in [0, 0.05) is 10.2 Å². The van der Waals surface area contributed by atoms with Crippen molar-refractivity contribution in [1.82, 2.24) is 14.8 Å². The summed E-state index contributed by atoms with van der Waals surface area (Å²) in [5, 5.41) is 12.6. The number of nitrogens with zero attached hydrogens (tertiary/aromatic N) is 4. The van der Waals surface area contributed by atoms with Gasteiger partial charge in [0.15, 0.2) is 0 Å². The van der Waals surface area contributed by atoms with Gasteiger partial charge in [-0.15, -0.1) is 5.10 Å². The fourth-order valence-electron chi connectivity index (χ4n) is 1.29. The molecule has 0 aliphatic carbocycles. The summed E-state index contributed by atoms with van der Waals surface area (Å²) in [6, 6.07) is 7.44. The lowest BCUT2D eigenvalue weighted by Gasteiger charge is -2.04. The molecule has 0 spiro atoms. The molecule has 2 aromatic rings. The maximum absolute atomic E-state index is 8.59. The summed E-state index contributed by atoms with van der Waals surface area (Å²) in [5.74, 6) is 0.173. The molecule has 0 fully saturated rings. The average Bonchev–Trinajstić information content (AvgIpc) is 2.70. The van der Waals surface area contributed by atoms with Gasteiger partial charge in [0.25, 0.3) is 5.82 Å². The fourth-order valence-corrected chi connectivity index (χ4v) is 1.81. The number of nitrogens with two attached hydrogens (primary N) is 1. The first-order valence-corrected chi connectivity index (χ1v) is 5.32. The van der Waals surface area contributed by atoms with Crippen LogP contribution < -0.4 is 5.73 Å². The molecule has 1 aromatic carbocycles. The van der Waals surface area contributed by atoms with Crippen LogP contribution in [0.3, 0.4) is 0 Å². The van der Waals surface area contributed by atoms with Crippen molar-refractivity contribution in [3.05, 3.63) is 40.4 Å². The molecule has 0 saturated carbocycles. The van der Waals surface area contributed by atoms with Crippen molar-refractivity contribution in [1.29, 1.82) is 5.26 Å². The van der Waals surface area contributed by atoms with E-state index in [0.29, 0.717) is 12.2 Å². The third-order valence-electron chi connectivity index (χ3n) is 2.05. The lowest BCUT2D eigenvalue weighted by Crippen LogP contribution is -2.01. The Bertz CT molecular complexity index is 555. The highest BCUT2D eigenvalue weighted by molar-refractivity contribution is 9.10. The second kappa shape index (κ2) is 4.33. The van der Waals surface area contributed by atoms with E-state index in [1.54, 1.807) is 4.68 Å². The lowest BCUT2D eigenvalue weighted by molar-refractivity contribution is 0.680. The smallest absolute Gasteiger partial charge is 0.252 e. The molecule has 1 heterocycles. The molecule has 0 unspecified atom stereocenters. The zero-order chi connectivity index (χ0) is 11.5. The largest absolute Gasteiger partial charge is 0.399 e. The second-order valence-electron chi connectivity index (χ2n) is 3.23. The van der Waals surface area contributed by atoms with Crippen LogP contribution in [0.25, 0.3) is 0 Å². The Morgan fingerprint density at radius 2 is 2.31 bits per heavy atom. The summed E-state index contributed by atoms with van der Waals surface area (Å²) >= 11 is 3.42. The Morgan fingerprint density at radius 3 is 2.94 bits per heavy atom. The van der Waals surface area contributed by atoms with Gasteiger partial charge in [0.2, 0.25) is 0 Å². The first kappa shape index (κ1) is 10.6. The van der Waals surface area contributed by atoms with Crippen molar-refractivity contribution in [3.8, 4) is 6.07 Å². The maximum Gasteiger partial charge on any atom is 0.252 e. The van der Waals surface area contributed by atoms with E-state index in [9.17, 15) is 0 Å². The van der Waals surface area contributed by atoms with E-state index in [4.69, 9.17) is 11.0 Å². The van der Waals surface area contributed by atoms with Crippen molar-refractivity contribution >= 4 is 21.6 Å². The zero-order valence-electron chi connectivity index (χ0n) is 8.26. The number of nitriles is 1. The SMILES string of the molecule is N#Cc1ncn(Cc2ccc(N)cc2Br)n1. The standard InChI is InChI=1S/C10H8BrN5/c11-9-3-8(13)2-1-7(9)5-16-6-14-10(4-12)15-16/h1-3,6H,5,13H2. The van der Waals surface area contributed by atoms with E-state index in [2.05, 4.69) is 26.0 Å². The van der Waals surface area contributed by atoms with Gasteiger partial charge in [-0.05, 0) is 17.7 Å². The maximum atomic E-state index is 8.59. The summed E-state index contributed by atoms with van der Waals surface area (Å²) in [4.78, 5) is 3.83. The van der Waals surface area contributed by atoms with Crippen LogP contribution in [-0.2, 0) is 6.54 Å². The highest BCUT2D eigenvalue weighted by atomic mass is 79.9. The minimum Gasteiger partial charge on any atom is -0.399 e. The summed E-state index contributed by atoms with van der Waals surface area (Å²) in [6.07, 6.45) is 1.53. The van der Waals surface area contributed by atoms with Gasteiger partial charge in [-0.25, -0.2) is 9.67 Å². The topological polar surface area (TPSA) is 80.5 Å². The molecule has 0 bridgehead atoms. The lowest BCUT2D eigenvalue weighted by atomic mass is 10.2. The number of hydrogen-bond acceptors (Lipinski definition) is 4. The van der Waals surface area contributed by atoms with Crippen LogP contribution in [0.5, 0.6) is 0 Å². The molecule has 6 heteroatoms. The zero-order valence-corrected chi connectivity index (χ0v) is 9.85. The van der Waals surface area contributed by atoms with Gasteiger partial charge in [0.05, 0.1) is 6.54 Å². The van der Waals surface area contributed by atoms with Crippen LogP contribution in [0.1, 0.15) is 11.4 Å². The second-order valence-corrected chi connectivity index (χ2v) is 4.08. The molecule has 0 radical (unpaired) electrons.